The summed E-state index contributed by atoms with van der Waals surface area (Å²) in [7, 11) is 1.50. The van der Waals surface area contributed by atoms with Crippen LogP contribution < -0.4 is 10.5 Å². The molecule has 7 heteroatoms. The Morgan fingerprint density at radius 2 is 2.07 bits per heavy atom. The standard InChI is InChI=1S/C20H19N3O4/c1-3-26-20(24)16-7-5-14(9-19(16)27-12-25-2)23-11-17(22)15-6-4-13(10-21)8-18(15)23/h4-9,11H,3,12,22H2,1-2H3. The molecule has 0 bridgehead atoms. The van der Waals surface area contributed by atoms with Crippen molar-refractivity contribution in [2.45, 2.75) is 6.92 Å². The van der Waals surface area contributed by atoms with Crippen LogP contribution in [0.1, 0.15) is 22.8 Å². The van der Waals surface area contributed by atoms with Crippen molar-refractivity contribution in [3.63, 3.8) is 0 Å². The second-order valence-corrected chi connectivity index (χ2v) is 5.75. The van der Waals surface area contributed by atoms with Crippen molar-refractivity contribution in [1.29, 1.82) is 5.26 Å². The Hall–Kier alpha value is -3.50. The quantitative estimate of drug-likeness (QED) is 0.532. The molecule has 0 saturated carbocycles. The monoisotopic (exact) mass is 365 g/mol. The maximum Gasteiger partial charge on any atom is 0.341 e. The lowest BCUT2D eigenvalue weighted by Gasteiger charge is -2.13. The number of fused-ring (bicyclic) bond motifs is 1. The van der Waals surface area contributed by atoms with Gasteiger partial charge in [0, 0.05) is 30.4 Å². The van der Waals surface area contributed by atoms with E-state index in [1.807, 2.05) is 10.6 Å². The first-order valence-electron chi connectivity index (χ1n) is 8.33. The summed E-state index contributed by atoms with van der Waals surface area (Å²) in [5.74, 6) is -0.136. The van der Waals surface area contributed by atoms with Gasteiger partial charge in [0.1, 0.15) is 11.3 Å². The summed E-state index contributed by atoms with van der Waals surface area (Å²) in [6.07, 6.45) is 1.77. The zero-order valence-corrected chi connectivity index (χ0v) is 15.1. The molecule has 0 aliphatic carbocycles. The van der Waals surface area contributed by atoms with Crippen molar-refractivity contribution in [3.8, 4) is 17.5 Å². The van der Waals surface area contributed by atoms with Gasteiger partial charge in [0.05, 0.1) is 29.4 Å². The highest BCUT2D eigenvalue weighted by Gasteiger charge is 2.17. The van der Waals surface area contributed by atoms with E-state index in [2.05, 4.69) is 6.07 Å². The van der Waals surface area contributed by atoms with Gasteiger partial charge in [-0.3, -0.25) is 0 Å². The number of nitriles is 1. The van der Waals surface area contributed by atoms with E-state index in [9.17, 15) is 10.1 Å². The van der Waals surface area contributed by atoms with Crippen LogP contribution in [0.2, 0.25) is 0 Å². The molecule has 138 valence electrons. The second-order valence-electron chi connectivity index (χ2n) is 5.75. The molecule has 0 amide bonds. The Morgan fingerprint density at radius 3 is 2.78 bits per heavy atom. The van der Waals surface area contributed by atoms with Crippen LogP contribution in [-0.4, -0.2) is 31.0 Å². The number of hydrogen-bond donors (Lipinski definition) is 1. The molecular weight excluding hydrogens is 346 g/mol. The van der Waals surface area contributed by atoms with E-state index >= 15 is 0 Å². The second kappa shape index (κ2) is 7.81. The fourth-order valence-corrected chi connectivity index (χ4v) is 2.82. The Balaban J connectivity index is 2.13. The number of aromatic nitrogens is 1. The van der Waals surface area contributed by atoms with Crippen molar-refractivity contribution in [2.24, 2.45) is 0 Å². The topological polar surface area (TPSA) is 99.5 Å². The summed E-state index contributed by atoms with van der Waals surface area (Å²) in [6, 6.07) is 12.5. The largest absolute Gasteiger partial charge is 0.467 e. The van der Waals surface area contributed by atoms with Gasteiger partial charge in [0.15, 0.2) is 6.79 Å². The Kier molecular flexibility index (Phi) is 5.29. The highest BCUT2D eigenvalue weighted by atomic mass is 16.7. The van der Waals surface area contributed by atoms with E-state index in [0.29, 0.717) is 22.6 Å². The molecule has 3 rings (SSSR count). The molecule has 7 nitrogen and oxygen atoms in total. The van der Waals surface area contributed by atoms with E-state index in [-0.39, 0.29) is 13.4 Å². The van der Waals surface area contributed by atoms with E-state index in [1.54, 1.807) is 43.5 Å². The predicted octanol–water partition coefficient (Wildman–Crippen LogP) is 3.24. The number of nitrogens with zero attached hydrogens (tertiary/aromatic N) is 2. The van der Waals surface area contributed by atoms with Crippen molar-refractivity contribution >= 4 is 22.6 Å². The lowest BCUT2D eigenvalue weighted by Crippen LogP contribution is -2.10. The van der Waals surface area contributed by atoms with Crippen LogP contribution in [0.15, 0.2) is 42.6 Å². The number of methoxy groups -OCH3 is 1. The van der Waals surface area contributed by atoms with Gasteiger partial charge in [-0.1, -0.05) is 0 Å². The molecule has 0 atom stereocenters. The summed E-state index contributed by atoms with van der Waals surface area (Å²) < 4.78 is 17.4. The molecule has 0 spiro atoms. The van der Waals surface area contributed by atoms with Gasteiger partial charge in [-0.2, -0.15) is 5.26 Å². The lowest BCUT2D eigenvalue weighted by molar-refractivity contribution is 0.0438. The molecule has 1 aromatic heterocycles. The van der Waals surface area contributed by atoms with Crippen LogP contribution in [0, 0.1) is 11.3 Å². The van der Waals surface area contributed by atoms with Gasteiger partial charge in [-0.15, -0.1) is 0 Å². The average Bonchev–Trinajstić information content (AvgIpc) is 3.02. The minimum absolute atomic E-state index is 0.0109. The highest BCUT2D eigenvalue weighted by Crippen LogP contribution is 2.30. The van der Waals surface area contributed by atoms with Crippen molar-refractivity contribution in [2.75, 3.05) is 26.2 Å². The summed E-state index contributed by atoms with van der Waals surface area (Å²) in [5, 5.41) is 10.0. The molecule has 27 heavy (non-hydrogen) atoms. The number of nitrogens with two attached hydrogens (primary N) is 1. The van der Waals surface area contributed by atoms with Crippen molar-refractivity contribution < 1.29 is 19.0 Å². The first-order chi connectivity index (χ1) is 13.1. The first-order valence-corrected chi connectivity index (χ1v) is 8.33. The molecule has 0 fully saturated rings. The van der Waals surface area contributed by atoms with Crippen LogP contribution >= 0.6 is 0 Å². The molecule has 0 radical (unpaired) electrons. The number of carbonyl (C=O) groups is 1. The molecule has 0 aliphatic heterocycles. The minimum atomic E-state index is -0.473. The number of benzene rings is 2. The van der Waals surface area contributed by atoms with E-state index in [4.69, 9.17) is 19.9 Å². The number of nitrogen functional groups attached to an aromatic ring is 1. The number of esters is 1. The third-order valence-electron chi connectivity index (χ3n) is 4.04. The minimum Gasteiger partial charge on any atom is -0.467 e. The molecular formula is C20H19N3O4. The van der Waals surface area contributed by atoms with Crippen LogP contribution in [0.25, 0.3) is 16.6 Å². The van der Waals surface area contributed by atoms with Crippen molar-refractivity contribution in [1.82, 2.24) is 4.57 Å². The van der Waals surface area contributed by atoms with Gasteiger partial charge < -0.3 is 24.5 Å². The highest BCUT2D eigenvalue weighted by molar-refractivity contribution is 5.95. The van der Waals surface area contributed by atoms with E-state index in [0.717, 1.165) is 16.6 Å². The van der Waals surface area contributed by atoms with Gasteiger partial charge >= 0.3 is 5.97 Å². The lowest BCUT2D eigenvalue weighted by atomic mass is 10.1. The van der Waals surface area contributed by atoms with Crippen LogP contribution in [-0.2, 0) is 9.47 Å². The molecule has 1 heterocycles. The third kappa shape index (κ3) is 3.57. The number of carbonyl (C=O) groups excluding carboxylic acids is 1. The van der Waals surface area contributed by atoms with Crippen LogP contribution in [0.5, 0.6) is 5.75 Å². The SMILES string of the molecule is CCOC(=O)c1ccc(-n2cc(N)c3ccc(C#N)cc32)cc1OCOC. The third-order valence-corrected chi connectivity index (χ3v) is 4.04. The Morgan fingerprint density at radius 1 is 1.26 bits per heavy atom. The number of anilines is 1. The number of rotatable bonds is 6. The fraction of sp³-hybridized carbons (Fsp3) is 0.200. The smallest absolute Gasteiger partial charge is 0.341 e. The first kappa shape index (κ1) is 18.3. The zero-order chi connectivity index (χ0) is 19.4. The molecule has 0 saturated heterocycles. The van der Waals surface area contributed by atoms with Gasteiger partial charge in [-0.05, 0) is 37.3 Å². The van der Waals surface area contributed by atoms with E-state index in [1.165, 1.54) is 7.11 Å². The summed E-state index contributed by atoms with van der Waals surface area (Å²) in [6.45, 7) is 1.99. The van der Waals surface area contributed by atoms with E-state index < -0.39 is 5.97 Å². The average molecular weight is 365 g/mol. The zero-order valence-electron chi connectivity index (χ0n) is 15.1. The van der Waals surface area contributed by atoms with Gasteiger partial charge in [0.25, 0.3) is 0 Å². The molecule has 3 aromatic rings. The molecule has 0 unspecified atom stereocenters. The molecule has 2 aromatic carbocycles. The number of ether oxygens (including phenoxy) is 3. The summed E-state index contributed by atoms with van der Waals surface area (Å²) in [4.78, 5) is 12.2. The van der Waals surface area contributed by atoms with Crippen molar-refractivity contribution in [3.05, 3.63) is 53.7 Å². The summed E-state index contributed by atoms with van der Waals surface area (Å²) in [5.41, 5.74) is 9.05. The van der Waals surface area contributed by atoms with Gasteiger partial charge in [0.2, 0.25) is 0 Å². The maximum absolute atomic E-state index is 12.2. The normalized spacial score (nSPS) is 10.6. The number of hydrogen-bond acceptors (Lipinski definition) is 6. The fourth-order valence-electron chi connectivity index (χ4n) is 2.82. The molecule has 2 N–H and O–H groups in total. The predicted molar refractivity (Wildman–Crippen MR) is 101 cm³/mol. The van der Waals surface area contributed by atoms with Gasteiger partial charge in [-0.25, -0.2) is 4.79 Å². The van der Waals surface area contributed by atoms with Crippen LogP contribution in [0.3, 0.4) is 0 Å². The Bertz CT molecular complexity index is 1030. The summed E-state index contributed by atoms with van der Waals surface area (Å²) >= 11 is 0. The molecule has 0 aliphatic rings. The van der Waals surface area contributed by atoms with Crippen LogP contribution in [0.4, 0.5) is 5.69 Å². The maximum atomic E-state index is 12.2. The Labute approximate surface area is 156 Å².